The van der Waals surface area contributed by atoms with Gasteiger partial charge in [0.1, 0.15) is 5.75 Å². The maximum atomic E-state index is 5.55. The van der Waals surface area contributed by atoms with E-state index in [-0.39, 0.29) is 0 Å². The molecule has 24 heavy (non-hydrogen) atoms. The van der Waals surface area contributed by atoms with Gasteiger partial charge in [0, 0.05) is 18.0 Å². The minimum Gasteiger partial charge on any atom is -0.497 e. The van der Waals surface area contributed by atoms with Crippen LogP contribution in [0.2, 0.25) is 0 Å². The summed E-state index contributed by atoms with van der Waals surface area (Å²) in [7, 11) is 1.78. The molecule has 1 heterocycles. The van der Waals surface area contributed by atoms with E-state index in [9.17, 15) is 0 Å². The molecule has 1 saturated heterocycles. The van der Waals surface area contributed by atoms with E-state index in [1.54, 1.807) is 18.2 Å². The van der Waals surface area contributed by atoms with Gasteiger partial charge >= 0.3 is 0 Å². The standard InChI is InChI=1S/C22H31NO/c1-4-5-10-22-11-12-23(15-17-6-7-17)21(16(22)2)13-18-8-9-19(24-3)14-20(18)22/h4,8-9,14,16-17,21H,1,5-7,10-13,15H2,2-3H3. The van der Waals surface area contributed by atoms with Crippen LogP contribution in [0.5, 0.6) is 5.75 Å². The number of benzene rings is 1. The van der Waals surface area contributed by atoms with Gasteiger partial charge in [-0.2, -0.15) is 0 Å². The molecule has 0 radical (unpaired) electrons. The molecular formula is C22H31NO. The lowest BCUT2D eigenvalue weighted by Gasteiger charge is -2.56. The summed E-state index contributed by atoms with van der Waals surface area (Å²) in [5.74, 6) is 2.71. The molecule has 2 fully saturated rings. The van der Waals surface area contributed by atoms with Crippen molar-refractivity contribution >= 4 is 0 Å². The predicted molar refractivity (Wildman–Crippen MR) is 99.7 cm³/mol. The second-order valence-corrected chi connectivity index (χ2v) is 8.26. The number of allylic oxidation sites excluding steroid dienone is 1. The van der Waals surface area contributed by atoms with Crippen molar-refractivity contribution in [1.82, 2.24) is 4.90 Å². The van der Waals surface area contributed by atoms with Crippen LogP contribution in [0.3, 0.4) is 0 Å². The molecule has 2 nitrogen and oxygen atoms in total. The van der Waals surface area contributed by atoms with E-state index in [2.05, 4.69) is 42.7 Å². The number of nitrogens with zero attached hydrogens (tertiary/aromatic N) is 1. The maximum Gasteiger partial charge on any atom is 0.119 e. The Labute approximate surface area is 146 Å². The highest BCUT2D eigenvalue weighted by Crippen LogP contribution is 2.52. The Morgan fingerprint density at radius 3 is 2.92 bits per heavy atom. The van der Waals surface area contributed by atoms with E-state index in [1.807, 2.05) is 0 Å². The van der Waals surface area contributed by atoms with E-state index in [0.29, 0.717) is 17.4 Å². The average Bonchev–Trinajstić information content (AvgIpc) is 3.41. The van der Waals surface area contributed by atoms with Gasteiger partial charge in [-0.15, -0.1) is 6.58 Å². The summed E-state index contributed by atoms with van der Waals surface area (Å²) in [5, 5.41) is 0. The fourth-order valence-corrected chi connectivity index (χ4v) is 5.36. The van der Waals surface area contributed by atoms with Gasteiger partial charge < -0.3 is 4.74 Å². The number of fused-ring (bicyclic) bond motifs is 4. The van der Waals surface area contributed by atoms with Crippen molar-refractivity contribution in [3.05, 3.63) is 42.0 Å². The number of hydrogen-bond donors (Lipinski definition) is 0. The smallest absolute Gasteiger partial charge is 0.119 e. The molecule has 0 N–H and O–H groups in total. The lowest BCUT2D eigenvalue weighted by atomic mass is 9.56. The molecule has 0 aromatic heterocycles. The molecule has 0 spiro atoms. The Balaban J connectivity index is 1.72. The van der Waals surface area contributed by atoms with Crippen molar-refractivity contribution in [1.29, 1.82) is 0 Å². The van der Waals surface area contributed by atoms with Crippen molar-refractivity contribution in [2.75, 3.05) is 20.2 Å². The fraction of sp³-hybridized carbons (Fsp3) is 0.636. The normalized spacial score (nSPS) is 32.2. The van der Waals surface area contributed by atoms with Crippen molar-refractivity contribution in [2.45, 2.75) is 56.9 Å². The molecule has 2 heteroatoms. The predicted octanol–water partition coefficient (Wildman–Crippen LogP) is 4.58. The first kappa shape index (κ1) is 16.2. The van der Waals surface area contributed by atoms with Gasteiger partial charge in [0.05, 0.1) is 7.11 Å². The SMILES string of the molecule is C=CCCC12CCN(CC3CC3)C(Cc3ccc(OC)cc31)C2C. The number of methoxy groups -OCH3 is 1. The van der Waals surface area contributed by atoms with Crippen LogP contribution in [0.15, 0.2) is 30.9 Å². The van der Waals surface area contributed by atoms with Crippen LogP contribution in [0.1, 0.15) is 50.2 Å². The molecule has 4 rings (SSSR count). The van der Waals surface area contributed by atoms with E-state index in [4.69, 9.17) is 4.74 Å². The van der Waals surface area contributed by atoms with Crippen molar-refractivity contribution in [3.8, 4) is 5.75 Å². The Bertz CT molecular complexity index is 620. The van der Waals surface area contributed by atoms with Crippen LogP contribution in [-0.2, 0) is 11.8 Å². The van der Waals surface area contributed by atoms with Crippen LogP contribution in [0.4, 0.5) is 0 Å². The molecule has 1 aliphatic heterocycles. The minimum absolute atomic E-state index is 0.307. The molecule has 3 aliphatic rings. The lowest BCUT2D eigenvalue weighted by molar-refractivity contribution is 0.0161. The molecule has 1 saturated carbocycles. The van der Waals surface area contributed by atoms with Crippen LogP contribution < -0.4 is 4.74 Å². The van der Waals surface area contributed by atoms with E-state index in [1.165, 1.54) is 45.2 Å². The first-order valence-corrected chi connectivity index (χ1v) is 9.70. The van der Waals surface area contributed by atoms with Gasteiger partial charge in [0.25, 0.3) is 0 Å². The molecule has 3 unspecified atom stereocenters. The number of ether oxygens (including phenoxy) is 1. The monoisotopic (exact) mass is 325 g/mol. The topological polar surface area (TPSA) is 12.5 Å². The maximum absolute atomic E-state index is 5.55. The second-order valence-electron chi connectivity index (χ2n) is 8.26. The molecule has 1 aromatic carbocycles. The van der Waals surface area contributed by atoms with Crippen LogP contribution in [0, 0.1) is 11.8 Å². The third-order valence-corrected chi connectivity index (χ3v) is 7.03. The van der Waals surface area contributed by atoms with Crippen LogP contribution in [0.25, 0.3) is 0 Å². The molecule has 2 bridgehead atoms. The van der Waals surface area contributed by atoms with Crippen LogP contribution in [-0.4, -0.2) is 31.1 Å². The molecule has 0 amide bonds. The zero-order chi connectivity index (χ0) is 16.7. The summed E-state index contributed by atoms with van der Waals surface area (Å²) in [4.78, 5) is 2.82. The molecule has 130 valence electrons. The van der Waals surface area contributed by atoms with E-state index >= 15 is 0 Å². The molecule has 3 atom stereocenters. The Hall–Kier alpha value is -1.28. The molecular weight excluding hydrogens is 294 g/mol. The summed E-state index contributed by atoms with van der Waals surface area (Å²) in [6, 6.07) is 7.53. The average molecular weight is 325 g/mol. The highest BCUT2D eigenvalue weighted by atomic mass is 16.5. The fourth-order valence-electron chi connectivity index (χ4n) is 5.36. The van der Waals surface area contributed by atoms with Gasteiger partial charge in [-0.05, 0) is 80.2 Å². The van der Waals surface area contributed by atoms with E-state index < -0.39 is 0 Å². The summed E-state index contributed by atoms with van der Waals surface area (Å²) >= 11 is 0. The quantitative estimate of drug-likeness (QED) is 0.710. The van der Waals surface area contributed by atoms with Gasteiger partial charge in [0.15, 0.2) is 0 Å². The van der Waals surface area contributed by atoms with Gasteiger partial charge in [-0.25, -0.2) is 0 Å². The van der Waals surface area contributed by atoms with Gasteiger partial charge in [0.2, 0.25) is 0 Å². The number of hydrogen-bond acceptors (Lipinski definition) is 2. The molecule has 2 aliphatic carbocycles. The summed E-state index contributed by atoms with van der Waals surface area (Å²) < 4.78 is 5.55. The summed E-state index contributed by atoms with van der Waals surface area (Å²) in [6.45, 7) is 9.09. The van der Waals surface area contributed by atoms with E-state index in [0.717, 1.165) is 18.1 Å². The minimum atomic E-state index is 0.307. The highest BCUT2D eigenvalue weighted by Gasteiger charge is 2.51. The molecule has 1 aromatic rings. The third-order valence-electron chi connectivity index (χ3n) is 7.03. The highest BCUT2D eigenvalue weighted by molar-refractivity contribution is 5.45. The zero-order valence-corrected chi connectivity index (χ0v) is 15.3. The summed E-state index contributed by atoms with van der Waals surface area (Å²) in [5.41, 5.74) is 3.43. The number of rotatable bonds is 6. The Kier molecular flexibility index (Phi) is 4.20. The third kappa shape index (κ3) is 2.60. The van der Waals surface area contributed by atoms with Crippen molar-refractivity contribution in [3.63, 3.8) is 0 Å². The first-order valence-electron chi connectivity index (χ1n) is 9.70. The van der Waals surface area contributed by atoms with Crippen LogP contribution >= 0.6 is 0 Å². The van der Waals surface area contributed by atoms with Gasteiger partial charge in [-0.1, -0.05) is 19.1 Å². The first-order chi connectivity index (χ1) is 11.7. The number of likely N-dealkylation sites (tertiary alicyclic amines) is 1. The largest absolute Gasteiger partial charge is 0.497 e. The van der Waals surface area contributed by atoms with Crippen molar-refractivity contribution in [2.24, 2.45) is 11.8 Å². The summed E-state index contributed by atoms with van der Waals surface area (Å²) in [6.07, 6.45) is 9.83. The van der Waals surface area contributed by atoms with Crippen molar-refractivity contribution < 1.29 is 4.74 Å². The Morgan fingerprint density at radius 2 is 2.21 bits per heavy atom. The second kappa shape index (κ2) is 6.22. The zero-order valence-electron chi connectivity index (χ0n) is 15.3. The lowest BCUT2D eigenvalue weighted by Crippen LogP contribution is -2.59. The Morgan fingerprint density at radius 1 is 1.38 bits per heavy atom. The number of piperidine rings is 1. The van der Waals surface area contributed by atoms with Gasteiger partial charge in [-0.3, -0.25) is 4.90 Å².